The third-order valence-corrected chi connectivity index (χ3v) is 4.04. The van der Waals surface area contributed by atoms with Gasteiger partial charge in [-0.1, -0.05) is 19.9 Å². The van der Waals surface area contributed by atoms with Crippen molar-refractivity contribution in [1.82, 2.24) is 9.88 Å². The fraction of sp³-hybridized carbons (Fsp3) is 0.571. The van der Waals surface area contributed by atoms with Gasteiger partial charge >= 0.3 is 5.97 Å². The van der Waals surface area contributed by atoms with E-state index in [1.807, 2.05) is 32.2 Å². The third-order valence-electron chi connectivity index (χ3n) is 4.04. The lowest BCUT2D eigenvalue weighted by Crippen LogP contribution is -2.39. The summed E-state index contributed by atoms with van der Waals surface area (Å²) in [6, 6.07) is 3.95. The van der Waals surface area contributed by atoms with Crippen molar-refractivity contribution < 1.29 is 9.90 Å². The van der Waals surface area contributed by atoms with Gasteiger partial charge < -0.3 is 5.11 Å². The van der Waals surface area contributed by atoms with Crippen molar-refractivity contribution in [2.75, 3.05) is 13.1 Å². The van der Waals surface area contributed by atoms with Crippen LogP contribution in [0.3, 0.4) is 0 Å². The van der Waals surface area contributed by atoms with Gasteiger partial charge in [0.05, 0.1) is 5.41 Å². The lowest BCUT2D eigenvalue weighted by atomic mass is 9.76. The number of likely N-dealkylation sites (tertiary alicyclic amines) is 1. The minimum atomic E-state index is -0.661. The normalized spacial score (nSPS) is 24.6. The first-order valence-corrected chi connectivity index (χ1v) is 6.39. The molecule has 1 aliphatic heterocycles. The molecule has 1 aromatic rings. The minimum absolute atomic E-state index is 0.161. The summed E-state index contributed by atoms with van der Waals surface area (Å²) in [4.78, 5) is 17.8. The summed E-state index contributed by atoms with van der Waals surface area (Å²) in [5.41, 5.74) is 0.560. The highest BCUT2D eigenvalue weighted by atomic mass is 16.4. The van der Waals surface area contributed by atoms with Crippen molar-refractivity contribution in [3.8, 4) is 0 Å². The molecule has 98 valence electrons. The van der Waals surface area contributed by atoms with Crippen molar-refractivity contribution in [2.45, 2.75) is 26.8 Å². The number of hydrogen-bond acceptors (Lipinski definition) is 3. The molecular weight excluding hydrogens is 228 g/mol. The van der Waals surface area contributed by atoms with Crippen LogP contribution < -0.4 is 0 Å². The van der Waals surface area contributed by atoms with E-state index in [4.69, 9.17) is 0 Å². The summed E-state index contributed by atoms with van der Waals surface area (Å²) >= 11 is 0. The quantitative estimate of drug-likeness (QED) is 0.885. The first kappa shape index (κ1) is 13.0. The van der Waals surface area contributed by atoms with E-state index < -0.39 is 11.4 Å². The van der Waals surface area contributed by atoms with E-state index in [1.165, 1.54) is 0 Å². The number of aliphatic carboxylic acids is 1. The van der Waals surface area contributed by atoms with Crippen molar-refractivity contribution in [3.63, 3.8) is 0 Å². The van der Waals surface area contributed by atoms with Crippen LogP contribution in [0, 0.1) is 11.3 Å². The maximum atomic E-state index is 11.5. The van der Waals surface area contributed by atoms with Crippen LogP contribution in [0.15, 0.2) is 24.5 Å². The van der Waals surface area contributed by atoms with Crippen molar-refractivity contribution in [2.24, 2.45) is 11.3 Å². The Morgan fingerprint density at radius 1 is 1.61 bits per heavy atom. The van der Waals surface area contributed by atoms with Gasteiger partial charge in [-0.05, 0) is 30.5 Å². The SMILES string of the molecule is CC(C)C1(C(=O)O)CCN(Cc2cccnc2)C1. The molecule has 0 aliphatic carbocycles. The number of aromatic nitrogens is 1. The fourth-order valence-corrected chi connectivity index (χ4v) is 2.69. The largest absolute Gasteiger partial charge is 0.481 e. The van der Waals surface area contributed by atoms with E-state index in [2.05, 4.69) is 9.88 Å². The fourth-order valence-electron chi connectivity index (χ4n) is 2.69. The van der Waals surface area contributed by atoms with Crippen LogP contribution in [-0.4, -0.2) is 34.0 Å². The van der Waals surface area contributed by atoms with Gasteiger partial charge in [0.2, 0.25) is 0 Å². The molecule has 0 amide bonds. The molecule has 2 rings (SSSR count). The molecule has 0 bridgehead atoms. The zero-order valence-electron chi connectivity index (χ0n) is 11.0. The van der Waals surface area contributed by atoms with E-state index in [1.54, 1.807) is 6.20 Å². The smallest absolute Gasteiger partial charge is 0.311 e. The average Bonchev–Trinajstić information content (AvgIpc) is 2.76. The Labute approximate surface area is 108 Å². The van der Waals surface area contributed by atoms with E-state index in [-0.39, 0.29) is 5.92 Å². The van der Waals surface area contributed by atoms with E-state index in [0.29, 0.717) is 6.54 Å². The maximum absolute atomic E-state index is 11.5. The first-order valence-electron chi connectivity index (χ1n) is 6.39. The second kappa shape index (κ2) is 5.06. The number of nitrogens with zero attached hydrogens (tertiary/aromatic N) is 2. The molecule has 0 radical (unpaired) electrons. The molecule has 1 N–H and O–H groups in total. The summed E-state index contributed by atoms with van der Waals surface area (Å²) < 4.78 is 0. The molecule has 2 heterocycles. The molecule has 4 nitrogen and oxygen atoms in total. The Hall–Kier alpha value is -1.42. The van der Waals surface area contributed by atoms with Crippen LogP contribution in [0.2, 0.25) is 0 Å². The monoisotopic (exact) mass is 248 g/mol. The zero-order valence-corrected chi connectivity index (χ0v) is 11.0. The molecule has 0 aromatic carbocycles. The third kappa shape index (κ3) is 2.38. The molecule has 1 saturated heterocycles. The Balaban J connectivity index is 2.06. The summed E-state index contributed by atoms with van der Waals surface area (Å²) in [7, 11) is 0. The molecule has 1 aliphatic rings. The van der Waals surface area contributed by atoms with Crippen molar-refractivity contribution >= 4 is 5.97 Å². The highest BCUT2D eigenvalue weighted by Gasteiger charge is 2.46. The van der Waals surface area contributed by atoms with Crippen LogP contribution >= 0.6 is 0 Å². The van der Waals surface area contributed by atoms with Gasteiger partial charge in [-0.2, -0.15) is 0 Å². The van der Waals surface area contributed by atoms with Crippen LogP contribution in [0.5, 0.6) is 0 Å². The number of carboxylic acid groups (broad SMARTS) is 1. The van der Waals surface area contributed by atoms with Gasteiger partial charge in [0.25, 0.3) is 0 Å². The minimum Gasteiger partial charge on any atom is -0.481 e. The maximum Gasteiger partial charge on any atom is 0.311 e. The standard InChI is InChI=1S/C14H20N2O2/c1-11(2)14(13(17)18)5-7-16(10-14)9-12-4-3-6-15-8-12/h3-4,6,8,11H,5,7,9-10H2,1-2H3,(H,17,18). The molecule has 4 heteroatoms. The number of rotatable bonds is 4. The summed E-state index contributed by atoms with van der Waals surface area (Å²) in [6.07, 6.45) is 4.33. The molecule has 18 heavy (non-hydrogen) atoms. The first-order chi connectivity index (χ1) is 8.54. The molecule has 0 spiro atoms. The van der Waals surface area contributed by atoms with Crippen LogP contribution in [0.1, 0.15) is 25.8 Å². The number of carbonyl (C=O) groups is 1. The Morgan fingerprint density at radius 2 is 2.39 bits per heavy atom. The number of pyridine rings is 1. The summed E-state index contributed by atoms with van der Waals surface area (Å²) in [6.45, 7) is 6.27. The van der Waals surface area contributed by atoms with Gasteiger partial charge in [-0.15, -0.1) is 0 Å². The zero-order chi connectivity index (χ0) is 13.2. The van der Waals surface area contributed by atoms with Crippen LogP contribution in [-0.2, 0) is 11.3 Å². The van der Waals surface area contributed by atoms with E-state index in [0.717, 1.165) is 25.1 Å². The molecule has 1 fully saturated rings. The van der Waals surface area contributed by atoms with E-state index >= 15 is 0 Å². The lowest BCUT2D eigenvalue weighted by molar-refractivity contribution is -0.151. The van der Waals surface area contributed by atoms with Gasteiger partial charge in [0.1, 0.15) is 0 Å². The van der Waals surface area contributed by atoms with Gasteiger partial charge in [-0.3, -0.25) is 14.7 Å². The summed E-state index contributed by atoms with van der Waals surface area (Å²) in [5, 5.41) is 9.48. The predicted molar refractivity (Wildman–Crippen MR) is 69.0 cm³/mol. The second-order valence-electron chi connectivity index (χ2n) is 5.44. The van der Waals surface area contributed by atoms with Gasteiger partial charge in [0.15, 0.2) is 0 Å². The Bertz CT molecular complexity index is 419. The Morgan fingerprint density at radius 3 is 2.89 bits per heavy atom. The highest BCUT2D eigenvalue weighted by Crippen LogP contribution is 2.38. The van der Waals surface area contributed by atoms with E-state index in [9.17, 15) is 9.90 Å². The lowest BCUT2D eigenvalue weighted by Gasteiger charge is -2.28. The molecule has 1 atom stereocenters. The topological polar surface area (TPSA) is 53.4 Å². The number of carboxylic acids is 1. The van der Waals surface area contributed by atoms with Crippen molar-refractivity contribution in [1.29, 1.82) is 0 Å². The van der Waals surface area contributed by atoms with Gasteiger partial charge in [0, 0.05) is 25.5 Å². The van der Waals surface area contributed by atoms with Gasteiger partial charge in [-0.25, -0.2) is 0 Å². The highest BCUT2D eigenvalue weighted by molar-refractivity contribution is 5.75. The van der Waals surface area contributed by atoms with Crippen molar-refractivity contribution in [3.05, 3.63) is 30.1 Å². The predicted octanol–water partition coefficient (Wildman–Crippen LogP) is 2.01. The second-order valence-corrected chi connectivity index (χ2v) is 5.44. The molecule has 1 aromatic heterocycles. The van der Waals surface area contributed by atoms with Crippen LogP contribution in [0.4, 0.5) is 0 Å². The molecular formula is C14H20N2O2. The molecule has 1 unspecified atom stereocenters. The summed E-state index contributed by atoms with van der Waals surface area (Å²) in [5.74, 6) is -0.500. The number of hydrogen-bond donors (Lipinski definition) is 1. The van der Waals surface area contributed by atoms with Crippen LogP contribution in [0.25, 0.3) is 0 Å². The Kier molecular flexibility index (Phi) is 3.66. The average molecular weight is 248 g/mol. The molecule has 0 saturated carbocycles.